The molecule has 0 heterocycles. The number of halogens is 1. The summed E-state index contributed by atoms with van der Waals surface area (Å²) in [5.74, 6) is -0.774. The summed E-state index contributed by atoms with van der Waals surface area (Å²) in [5.41, 5.74) is 0.669. The molecule has 6 heteroatoms. The Hall–Kier alpha value is -0.980. The van der Waals surface area contributed by atoms with Crippen molar-refractivity contribution in [1.82, 2.24) is 4.31 Å². The Balaban J connectivity index is 3.30. The number of rotatable bonds is 5. The Kier molecular flexibility index (Phi) is 4.84. The van der Waals surface area contributed by atoms with Gasteiger partial charge in [0.05, 0.1) is 6.61 Å². The minimum Gasteiger partial charge on any atom is -0.395 e. The van der Waals surface area contributed by atoms with Crippen LogP contribution in [0.25, 0.3) is 0 Å². The summed E-state index contributed by atoms with van der Waals surface area (Å²) in [6.07, 6.45) is 0. The van der Waals surface area contributed by atoms with Crippen LogP contribution in [0.5, 0.6) is 0 Å². The Morgan fingerprint density at radius 2 is 2.00 bits per heavy atom. The van der Waals surface area contributed by atoms with Crippen LogP contribution in [0.1, 0.15) is 19.4 Å². The van der Waals surface area contributed by atoms with Crippen molar-refractivity contribution in [1.29, 1.82) is 0 Å². The van der Waals surface area contributed by atoms with Crippen molar-refractivity contribution in [2.24, 2.45) is 0 Å². The third-order valence-electron chi connectivity index (χ3n) is 2.57. The first-order valence-electron chi connectivity index (χ1n) is 5.69. The molecule has 1 N–H and O–H groups in total. The fourth-order valence-electron chi connectivity index (χ4n) is 1.69. The number of aliphatic hydroxyl groups is 1. The first-order valence-corrected chi connectivity index (χ1v) is 7.13. The number of aliphatic hydroxyl groups excluding tert-OH is 1. The summed E-state index contributed by atoms with van der Waals surface area (Å²) in [5, 5.41) is 8.92. The van der Waals surface area contributed by atoms with Gasteiger partial charge in [-0.2, -0.15) is 4.31 Å². The number of sulfonamides is 1. The summed E-state index contributed by atoms with van der Waals surface area (Å²) in [4.78, 5) is -0.343. The zero-order valence-electron chi connectivity index (χ0n) is 10.7. The van der Waals surface area contributed by atoms with Crippen LogP contribution in [0.2, 0.25) is 0 Å². The molecule has 0 radical (unpaired) electrons. The van der Waals surface area contributed by atoms with Crippen molar-refractivity contribution >= 4 is 10.0 Å². The first-order chi connectivity index (χ1) is 8.30. The average molecular weight is 275 g/mol. The predicted octanol–water partition coefficient (Wildman–Crippen LogP) is 1.53. The molecule has 0 aromatic heterocycles. The first kappa shape index (κ1) is 15.1. The van der Waals surface area contributed by atoms with Gasteiger partial charge in [-0.15, -0.1) is 0 Å². The van der Waals surface area contributed by atoms with E-state index in [2.05, 4.69) is 0 Å². The lowest BCUT2D eigenvalue weighted by molar-refractivity contribution is 0.236. The van der Waals surface area contributed by atoms with Gasteiger partial charge in [0, 0.05) is 12.6 Å². The molecule has 0 unspecified atom stereocenters. The molecule has 102 valence electrons. The highest BCUT2D eigenvalue weighted by molar-refractivity contribution is 7.89. The SMILES string of the molecule is Cc1ccc(F)c(S(=O)(=O)N(CCO)C(C)C)c1. The van der Waals surface area contributed by atoms with Gasteiger partial charge in [0.25, 0.3) is 0 Å². The van der Waals surface area contributed by atoms with E-state index in [0.717, 1.165) is 10.4 Å². The molecule has 0 amide bonds. The minimum absolute atomic E-state index is 0.0482. The number of hydrogen-bond donors (Lipinski definition) is 1. The largest absolute Gasteiger partial charge is 0.395 e. The van der Waals surface area contributed by atoms with Crippen LogP contribution in [0.3, 0.4) is 0 Å². The van der Waals surface area contributed by atoms with Crippen molar-refractivity contribution in [3.8, 4) is 0 Å². The lowest BCUT2D eigenvalue weighted by atomic mass is 10.2. The normalized spacial score (nSPS) is 12.4. The Labute approximate surface area is 107 Å². The standard InChI is InChI=1S/C12H18FNO3S/c1-9(2)14(6-7-15)18(16,17)12-8-10(3)4-5-11(12)13/h4-5,8-9,15H,6-7H2,1-3H3. The van der Waals surface area contributed by atoms with Gasteiger partial charge in [0.1, 0.15) is 10.7 Å². The van der Waals surface area contributed by atoms with E-state index in [0.29, 0.717) is 5.56 Å². The third-order valence-corrected chi connectivity index (χ3v) is 4.66. The van der Waals surface area contributed by atoms with Crippen LogP contribution >= 0.6 is 0 Å². The zero-order chi connectivity index (χ0) is 13.9. The summed E-state index contributed by atoms with van der Waals surface area (Å²) < 4.78 is 39.4. The topological polar surface area (TPSA) is 57.6 Å². The maximum absolute atomic E-state index is 13.7. The molecule has 0 fully saturated rings. The molecule has 1 aromatic rings. The highest BCUT2D eigenvalue weighted by atomic mass is 32.2. The van der Waals surface area contributed by atoms with E-state index in [-0.39, 0.29) is 24.1 Å². The summed E-state index contributed by atoms with van der Waals surface area (Å²) in [6.45, 7) is 4.71. The van der Waals surface area contributed by atoms with E-state index in [4.69, 9.17) is 5.11 Å². The molecule has 0 aliphatic rings. The van der Waals surface area contributed by atoms with E-state index >= 15 is 0 Å². The Morgan fingerprint density at radius 1 is 1.39 bits per heavy atom. The monoisotopic (exact) mass is 275 g/mol. The third kappa shape index (κ3) is 3.07. The zero-order valence-corrected chi connectivity index (χ0v) is 11.5. The second kappa shape index (κ2) is 5.77. The van der Waals surface area contributed by atoms with Gasteiger partial charge in [0.2, 0.25) is 10.0 Å². The molecular formula is C12H18FNO3S. The smallest absolute Gasteiger partial charge is 0.246 e. The fraction of sp³-hybridized carbons (Fsp3) is 0.500. The van der Waals surface area contributed by atoms with Crippen LogP contribution in [-0.4, -0.2) is 37.0 Å². The lowest BCUT2D eigenvalue weighted by Gasteiger charge is -2.25. The van der Waals surface area contributed by atoms with Crippen LogP contribution < -0.4 is 0 Å². The molecule has 0 atom stereocenters. The van der Waals surface area contributed by atoms with Crippen molar-refractivity contribution in [2.45, 2.75) is 31.7 Å². The van der Waals surface area contributed by atoms with Crippen molar-refractivity contribution in [3.05, 3.63) is 29.6 Å². The van der Waals surface area contributed by atoms with E-state index in [9.17, 15) is 12.8 Å². The molecule has 1 aromatic carbocycles. The molecule has 18 heavy (non-hydrogen) atoms. The van der Waals surface area contributed by atoms with Gasteiger partial charge in [-0.1, -0.05) is 6.07 Å². The molecule has 0 saturated carbocycles. The molecule has 1 rings (SSSR count). The molecule has 0 aliphatic carbocycles. The second-order valence-electron chi connectivity index (χ2n) is 4.37. The summed E-state index contributed by atoms with van der Waals surface area (Å²) in [6, 6.07) is 3.61. The Bertz CT molecular complexity index is 514. The Morgan fingerprint density at radius 3 is 2.50 bits per heavy atom. The molecule has 4 nitrogen and oxygen atoms in total. The van der Waals surface area contributed by atoms with Gasteiger partial charge in [-0.3, -0.25) is 0 Å². The maximum Gasteiger partial charge on any atom is 0.246 e. The summed E-state index contributed by atoms with van der Waals surface area (Å²) in [7, 11) is -3.92. The van der Waals surface area contributed by atoms with Gasteiger partial charge in [0.15, 0.2) is 0 Å². The van der Waals surface area contributed by atoms with Crippen molar-refractivity contribution < 1.29 is 17.9 Å². The van der Waals surface area contributed by atoms with E-state index in [1.54, 1.807) is 20.8 Å². The van der Waals surface area contributed by atoms with Gasteiger partial charge < -0.3 is 5.11 Å². The van der Waals surface area contributed by atoms with Crippen LogP contribution in [0.4, 0.5) is 4.39 Å². The average Bonchev–Trinajstić information content (AvgIpc) is 2.28. The molecule has 0 aliphatic heterocycles. The molecule has 0 bridgehead atoms. The van der Waals surface area contributed by atoms with Crippen LogP contribution in [-0.2, 0) is 10.0 Å². The maximum atomic E-state index is 13.7. The van der Waals surface area contributed by atoms with E-state index in [1.165, 1.54) is 12.1 Å². The number of hydrogen-bond acceptors (Lipinski definition) is 3. The number of aryl methyl sites for hydroxylation is 1. The highest BCUT2D eigenvalue weighted by Crippen LogP contribution is 2.22. The van der Waals surface area contributed by atoms with E-state index < -0.39 is 15.8 Å². The van der Waals surface area contributed by atoms with Gasteiger partial charge in [-0.25, -0.2) is 12.8 Å². The van der Waals surface area contributed by atoms with Crippen molar-refractivity contribution in [3.63, 3.8) is 0 Å². The highest BCUT2D eigenvalue weighted by Gasteiger charge is 2.29. The molecule has 0 saturated heterocycles. The second-order valence-corrected chi connectivity index (χ2v) is 6.23. The van der Waals surface area contributed by atoms with Crippen LogP contribution in [0.15, 0.2) is 23.1 Å². The fourth-order valence-corrected chi connectivity index (χ4v) is 3.47. The molecular weight excluding hydrogens is 257 g/mol. The molecule has 0 spiro atoms. The van der Waals surface area contributed by atoms with Crippen LogP contribution in [0, 0.1) is 12.7 Å². The minimum atomic E-state index is -3.92. The summed E-state index contributed by atoms with van der Waals surface area (Å²) >= 11 is 0. The van der Waals surface area contributed by atoms with Crippen molar-refractivity contribution in [2.75, 3.05) is 13.2 Å². The number of benzene rings is 1. The quantitative estimate of drug-likeness (QED) is 0.886. The van der Waals surface area contributed by atoms with E-state index in [1.807, 2.05) is 0 Å². The number of nitrogens with zero attached hydrogens (tertiary/aromatic N) is 1. The lowest BCUT2D eigenvalue weighted by Crippen LogP contribution is -2.39. The van der Waals surface area contributed by atoms with Gasteiger partial charge in [-0.05, 0) is 38.5 Å². The van der Waals surface area contributed by atoms with Gasteiger partial charge >= 0.3 is 0 Å². The predicted molar refractivity (Wildman–Crippen MR) is 67.3 cm³/mol.